The molecule has 1 aromatic heterocycles. The van der Waals surface area contributed by atoms with E-state index < -0.39 is 5.82 Å². The van der Waals surface area contributed by atoms with Crippen molar-refractivity contribution in [1.82, 2.24) is 9.78 Å². The second-order valence-electron chi connectivity index (χ2n) is 3.88. The third-order valence-corrected chi connectivity index (χ3v) is 2.46. The molecule has 98 valence electrons. The van der Waals surface area contributed by atoms with E-state index in [1.54, 1.807) is 10.7 Å². The van der Waals surface area contributed by atoms with Crippen LogP contribution >= 0.6 is 11.6 Å². The molecule has 2 rings (SSSR count). The standard InChI is InChI=1S/C14H12ClFN2O/c1-18-6-4-13(17-18)10-19-14-8-11(3-2-5-15)7-12(16)9-14/h4,6-9H,5,10H2,1H3. The number of aromatic nitrogens is 2. The fraction of sp³-hybridized carbons (Fsp3) is 0.214. The highest BCUT2D eigenvalue weighted by Crippen LogP contribution is 2.17. The van der Waals surface area contributed by atoms with E-state index in [9.17, 15) is 4.39 Å². The zero-order valence-corrected chi connectivity index (χ0v) is 11.1. The van der Waals surface area contributed by atoms with Gasteiger partial charge in [-0.25, -0.2) is 4.39 Å². The van der Waals surface area contributed by atoms with Crippen LogP contribution in [-0.2, 0) is 13.7 Å². The van der Waals surface area contributed by atoms with Crippen LogP contribution < -0.4 is 4.74 Å². The molecule has 0 aliphatic rings. The van der Waals surface area contributed by atoms with Crippen molar-refractivity contribution < 1.29 is 9.13 Å². The van der Waals surface area contributed by atoms with Gasteiger partial charge in [0.15, 0.2) is 0 Å². The number of halogens is 2. The Morgan fingerprint density at radius 1 is 1.42 bits per heavy atom. The van der Waals surface area contributed by atoms with Crippen LogP contribution in [0.15, 0.2) is 30.5 Å². The van der Waals surface area contributed by atoms with Gasteiger partial charge in [-0.05, 0) is 18.2 Å². The van der Waals surface area contributed by atoms with Crippen LogP contribution in [0.25, 0.3) is 0 Å². The molecule has 0 fully saturated rings. The highest BCUT2D eigenvalue weighted by Gasteiger charge is 2.02. The third-order valence-electron chi connectivity index (χ3n) is 2.33. The quantitative estimate of drug-likeness (QED) is 0.638. The molecular formula is C14H12ClFN2O. The molecule has 0 saturated carbocycles. The smallest absolute Gasteiger partial charge is 0.132 e. The summed E-state index contributed by atoms with van der Waals surface area (Å²) in [5.41, 5.74) is 1.32. The van der Waals surface area contributed by atoms with Gasteiger partial charge in [-0.1, -0.05) is 11.8 Å². The summed E-state index contributed by atoms with van der Waals surface area (Å²) in [5, 5.41) is 4.17. The van der Waals surface area contributed by atoms with E-state index in [2.05, 4.69) is 16.9 Å². The van der Waals surface area contributed by atoms with Crippen molar-refractivity contribution in [3.8, 4) is 17.6 Å². The first-order valence-electron chi connectivity index (χ1n) is 5.64. The van der Waals surface area contributed by atoms with Gasteiger partial charge >= 0.3 is 0 Å². The minimum absolute atomic E-state index is 0.209. The maximum Gasteiger partial charge on any atom is 0.132 e. The fourth-order valence-electron chi connectivity index (χ4n) is 1.55. The van der Waals surface area contributed by atoms with Gasteiger partial charge in [0.2, 0.25) is 0 Å². The lowest BCUT2D eigenvalue weighted by Gasteiger charge is -2.05. The maximum absolute atomic E-state index is 13.4. The third kappa shape index (κ3) is 4.01. The molecule has 0 aliphatic carbocycles. The molecule has 0 atom stereocenters. The van der Waals surface area contributed by atoms with E-state index >= 15 is 0 Å². The molecule has 0 N–H and O–H groups in total. The molecule has 2 aromatic rings. The first kappa shape index (κ1) is 13.4. The van der Waals surface area contributed by atoms with Gasteiger partial charge in [0.05, 0.1) is 11.6 Å². The minimum atomic E-state index is -0.391. The number of aryl methyl sites for hydroxylation is 1. The summed E-state index contributed by atoms with van der Waals surface area (Å²) >= 11 is 5.47. The van der Waals surface area contributed by atoms with Gasteiger partial charge in [-0.2, -0.15) is 5.10 Å². The zero-order chi connectivity index (χ0) is 13.7. The summed E-state index contributed by atoms with van der Waals surface area (Å²) in [6, 6.07) is 6.17. The second kappa shape index (κ2) is 6.26. The van der Waals surface area contributed by atoms with Crippen molar-refractivity contribution in [3.63, 3.8) is 0 Å². The first-order chi connectivity index (χ1) is 9.17. The Hall–Kier alpha value is -1.99. The summed E-state index contributed by atoms with van der Waals surface area (Å²) in [6.07, 6.45) is 1.82. The molecule has 19 heavy (non-hydrogen) atoms. The van der Waals surface area contributed by atoms with Gasteiger partial charge in [0.25, 0.3) is 0 Å². The van der Waals surface area contributed by atoms with Gasteiger partial charge in [-0.15, -0.1) is 11.6 Å². The van der Waals surface area contributed by atoms with Crippen molar-refractivity contribution in [2.24, 2.45) is 7.05 Å². The van der Waals surface area contributed by atoms with E-state index in [1.165, 1.54) is 12.1 Å². The average Bonchev–Trinajstić information content (AvgIpc) is 2.79. The molecule has 0 spiro atoms. The van der Waals surface area contributed by atoms with Crippen LogP contribution in [0.4, 0.5) is 4.39 Å². The van der Waals surface area contributed by atoms with Crippen LogP contribution in [0.2, 0.25) is 0 Å². The molecule has 0 amide bonds. The van der Waals surface area contributed by atoms with Gasteiger partial charge in [0, 0.05) is 24.9 Å². The Morgan fingerprint density at radius 3 is 2.95 bits per heavy atom. The largest absolute Gasteiger partial charge is 0.487 e. The molecule has 0 radical (unpaired) electrons. The number of alkyl halides is 1. The second-order valence-corrected chi connectivity index (χ2v) is 4.15. The lowest BCUT2D eigenvalue weighted by atomic mass is 10.2. The predicted octanol–water partition coefficient (Wildman–Crippen LogP) is 2.73. The lowest BCUT2D eigenvalue weighted by Crippen LogP contribution is -1.98. The van der Waals surface area contributed by atoms with Crippen molar-refractivity contribution in [3.05, 3.63) is 47.5 Å². The van der Waals surface area contributed by atoms with Crippen molar-refractivity contribution >= 4 is 11.6 Å². The number of ether oxygens (including phenoxy) is 1. The minimum Gasteiger partial charge on any atom is -0.487 e. The van der Waals surface area contributed by atoms with Gasteiger partial charge in [-0.3, -0.25) is 4.68 Å². The van der Waals surface area contributed by atoms with E-state index in [0.717, 1.165) is 5.69 Å². The molecular weight excluding hydrogens is 267 g/mol. The normalized spacial score (nSPS) is 9.84. The number of nitrogens with zero attached hydrogens (tertiary/aromatic N) is 2. The first-order valence-corrected chi connectivity index (χ1v) is 6.17. The lowest BCUT2D eigenvalue weighted by molar-refractivity contribution is 0.298. The molecule has 1 heterocycles. The molecule has 1 aromatic carbocycles. The predicted molar refractivity (Wildman–Crippen MR) is 71.5 cm³/mol. The Labute approximate surface area is 116 Å². The fourth-order valence-corrected chi connectivity index (χ4v) is 1.62. The molecule has 5 heteroatoms. The number of rotatable bonds is 3. The maximum atomic E-state index is 13.4. The summed E-state index contributed by atoms with van der Waals surface area (Å²) in [4.78, 5) is 0. The number of hydrogen-bond donors (Lipinski definition) is 0. The summed E-state index contributed by atoms with van der Waals surface area (Å²) in [6.45, 7) is 0.284. The molecule has 0 aliphatic heterocycles. The van der Waals surface area contributed by atoms with Gasteiger partial charge in [0.1, 0.15) is 18.2 Å². The Morgan fingerprint density at radius 2 is 2.26 bits per heavy atom. The van der Waals surface area contributed by atoms with Crippen molar-refractivity contribution in [1.29, 1.82) is 0 Å². The van der Waals surface area contributed by atoms with Crippen LogP contribution in [0.1, 0.15) is 11.3 Å². The SMILES string of the molecule is Cn1ccc(COc2cc(F)cc(C#CCCl)c2)n1. The molecule has 3 nitrogen and oxygen atoms in total. The Bertz CT molecular complexity index is 628. The Balaban J connectivity index is 2.09. The number of hydrogen-bond acceptors (Lipinski definition) is 2. The molecule has 0 bridgehead atoms. The van der Waals surface area contributed by atoms with Crippen LogP contribution in [-0.4, -0.2) is 15.7 Å². The molecule has 0 unspecified atom stereocenters. The van der Waals surface area contributed by atoms with Crippen LogP contribution in [0.3, 0.4) is 0 Å². The Kier molecular flexibility index (Phi) is 4.43. The number of benzene rings is 1. The van der Waals surface area contributed by atoms with Crippen molar-refractivity contribution in [2.45, 2.75) is 6.61 Å². The molecule has 0 saturated heterocycles. The summed E-state index contributed by atoms with van der Waals surface area (Å²) in [5.74, 6) is 5.67. The monoisotopic (exact) mass is 278 g/mol. The zero-order valence-electron chi connectivity index (χ0n) is 10.4. The average molecular weight is 279 g/mol. The highest BCUT2D eigenvalue weighted by molar-refractivity contribution is 6.19. The van der Waals surface area contributed by atoms with E-state index in [-0.39, 0.29) is 12.5 Å². The van der Waals surface area contributed by atoms with E-state index in [0.29, 0.717) is 11.3 Å². The van der Waals surface area contributed by atoms with E-state index in [4.69, 9.17) is 16.3 Å². The highest BCUT2D eigenvalue weighted by atomic mass is 35.5. The summed E-state index contributed by atoms with van der Waals surface area (Å²) < 4.78 is 20.6. The summed E-state index contributed by atoms with van der Waals surface area (Å²) in [7, 11) is 1.82. The van der Waals surface area contributed by atoms with Gasteiger partial charge < -0.3 is 4.74 Å². The topological polar surface area (TPSA) is 27.1 Å². The van der Waals surface area contributed by atoms with Crippen LogP contribution in [0, 0.1) is 17.7 Å². The van der Waals surface area contributed by atoms with E-state index in [1.807, 2.05) is 19.3 Å². The van der Waals surface area contributed by atoms with Crippen LogP contribution in [0.5, 0.6) is 5.75 Å². The van der Waals surface area contributed by atoms with Crippen molar-refractivity contribution in [2.75, 3.05) is 5.88 Å².